The Balaban J connectivity index is 1.27. The molecule has 0 saturated carbocycles. The second kappa shape index (κ2) is 9.41. The second-order valence-corrected chi connectivity index (χ2v) is 10.1. The van der Waals surface area contributed by atoms with E-state index < -0.39 is 5.60 Å². The molecule has 2 heterocycles. The summed E-state index contributed by atoms with van der Waals surface area (Å²) in [6.45, 7) is 0. The number of pyridine rings is 1. The summed E-state index contributed by atoms with van der Waals surface area (Å²) >= 11 is 0. The monoisotopic (exact) mass is 502 g/mol. The number of benzene rings is 5. The predicted molar refractivity (Wildman–Crippen MR) is 161 cm³/mol. The Morgan fingerprint density at radius 2 is 1.38 bits per heavy atom. The molecular formula is C37H28NO+. The maximum Gasteiger partial charge on any atom is 0.212 e. The highest BCUT2D eigenvalue weighted by atomic mass is 16.5. The first-order valence-electron chi connectivity index (χ1n) is 13.3. The van der Waals surface area contributed by atoms with Gasteiger partial charge < -0.3 is 4.74 Å². The molecular weight excluding hydrogens is 474 g/mol. The molecule has 0 amide bonds. The molecule has 7 rings (SSSR count). The van der Waals surface area contributed by atoms with Crippen molar-refractivity contribution in [1.29, 1.82) is 0 Å². The van der Waals surface area contributed by atoms with Gasteiger partial charge in [0.1, 0.15) is 12.8 Å². The van der Waals surface area contributed by atoms with Crippen LogP contribution >= 0.6 is 0 Å². The van der Waals surface area contributed by atoms with Gasteiger partial charge in [0.25, 0.3) is 0 Å². The number of fused-ring (bicyclic) bond motifs is 4. The van der Waals surface area contributed by atoms with E-state index in [-0.39, 0.29) is 0 Å². The van der Waals surface area contributed by atoms with Crippen LogP contribution in [0.4, 0.5) is 0 Å². The molecule has 2 heteroatoms. The van der Waals surface area contributed by atoms with Crippen molar-refractivity contribution in [3.8, 4) is 5.75 Å². The quantitative estimate of drug-likeness (QED) is 0.221. The summed E-state index contributed by atoms with van der Waals surface area (Å²) in [7, 11) is 2.09. The third-order valence-corrected chi connectivity index (χ3v) is 7.73. The zero-order chi connectivity index (χ0) is 26.2. The third-order valence-electron chi connectivity index (χ3n) is 7.73. The van der Waals surface area contributed by atoms with Crippen LogP contribution < -0.4 is 9.30 Å². The van der Waals surface area contributed by atoms with Gasteiger partial charge in [0, 0.05) is 28.8 Å². The van der Waals surface area contributed by atoms with Gasteiger partial charge in [-0.15, -0.1) is 0 Å². The molecule has 0 spiro atoms. The zero-order valence-corrected chi connectivity index (χ0v) is 21.8. The molecule has 1 aliphatic heterocycles. The Hall–Kier alpha value is -4.95. The van der Waals surface area contributed by atoms with Gasteiger partial charge in [-0.2, -0.15) is 0 Å². The van der Waals surface area contributed by atoms with Crippen molar-refractivity contribution in [2.24, 2.45) is 7.05 Å². The lowest BCUT2D eigenvalue weighted by Crippen LogP contribution is -2.34. The smallest absolute Gasteiger partial charge is 0.212 e. The van der Waals surface area contributed by atoms with Gasteiger partial charge in [0.05, 0.1) is 5.39 Å². The molecule has 0 radical (unpaired) electrons. The van der Waals surface area contributed by atoms with Crippen LogP contribution in [0, 0.1) is 0 Å². The van der Waals surface area contributed by atoms with Crippen LogP contribution in [0.1, 0.15) is 27.8 Å². The van der Waals surface area contributed by atoms with E-state index in [1.54, 1.807) is 0 Å². The molecule has 0 atom stereocenters. The van der Waals surface area contributed by atoms with Crippen molar-refractivity contribution in [3.05, 3.63) is 161 Å². The van der Waals surface area contributed by atoms with E-state index in [0.717, 1.165) is 22.4 Å². The number of nitrogens with zero attached hydrogens (tertiary/aromatic N) is 1. The average molecular weight is 503 g/mol. The summed E-state index contributed by atoms with van der Waals surface area (Å²) in [4.78, 5) is 0. The predicted octanol–water partition coefficient (Wildman–Crippen LogP) is 8.34. The Bertz CT molecular complexity index is 1840. The van der Waals surface area contributed by atoms with Gasteiger partial charge >= 0.3 is 0 Å². The molecule has 5 aromatic carbocycles. The van der Waals surface area contributed by atoms with Crippen molar-refractivity contribution in [1.82, 2.24) is 0 Å². The fourth-order valence-corrected chi connectivity index (χ4v) is 5.69. The number of hydrogen-bond donors (Lipinski definition) is 0. The average Bonchev–Trinajstić information content (AvgIpc) is 3.01. The SMILES string of the molecule is C[n+]1ccc(/C=C/c2ccc3c4c(ccc3c2)OC(c2ccccc2)(c2ccccc2)C=C4)c2ccccc21. The van der Waals surface area contributed by atoms with Gasteiger partial charge in [-0.25, -0.2) is 4.57 Å². The molecule has 1 aromatic heterocycles. The molecule has 6 aromatic rings. The zero-order valence-electron chi connectivity index (χ0n) is 21.8. The van der Waals surface area contributed by atoms with Gasteiger partial charge in [-0.3, -0.25) is 0 Å². The standard InChI is InChI=1S/C37H28NO/c1-38-25-23-28(33-14-8-9-15-35(33)38)18-16-27-17-20-32-29(26-27)19-21-36-34(32)22-24-37(39-36,30-10-4-2-5-11-30)31-12-6-3-7-13-31/h2-26H,1H3/q+1/b18-16+. The summed E-state index contributed by atoms with van der Waals surface area (Å²) < 4.78 is 9.04. The summed E-state index contributed by atoms with van der Waals surface area (Å²) in [5.41, 5.74) is 6.28. The summed E-state index contributed by atoms with van der Waals surface area (Å²) in [5.74, 6) is 0.893. The van der Waals surface area contributed by atoms with Crippen LogP contribution in [-0.4, -0.2) is 0 Å². The van der Waals surface area contributed by atoms with E-state index in [0.29, 0.717) is 0 Å². The fourth-order valence-electron chi connectivity index (χ4n) is 5.69. The Labute approximate surface area is 228 Å². The summed E-state index contributed by atoms with van der Waals surface area (Å²) in [6.07, 6.45) is 11.0. The molecule has 186 valence electrons. The molecule has 1 aliphatic rings. The van der Waals surface area contributed by atoms with Gasteiger partial charge in [0.2, 0.25) is 5.52 Å². The Morgan fingerprint density at radius 3 is 2.15 bits per heavy atom. The maximum absolute atomic E-state index is 6.88. The molecule has 0 fully saturated rings. The molecule has 0 aliphatic carbocycles. The Kier molecular flexibility index (Phi) is 5.60. The van der Waals surface area contributed by atoms with Crippen LogP contribution in [0.25, 0.3) is 39.9 Å². The van der Waals surface area contributed by atoms with Gasteiger partial charge in [-0.05, 0) is 52.3 Å². The number of aryl methyl sites for hydroxylation is 1. The minimum Gasteiger partial charge on any atom is -0.473 e. The van der Waals surface area contributed by atoms with E-state index in [1.807, 2.05) is 12.1 Å². The molecule has 0 bridgehead atoms. The van der Waals surface area contributed by atoms with Crippen molar-refractivity contribution in [2.75, 3.05) is 0 Å². The van der Waals surface area contributed by atoms with Crippen LogP contribution in [0.2, 0.25) is 0 Å². The topological polar surface area (TPSA) is 13.1 Å². The second-order valence-electron chi connectivity index (χ2n) is 10.1. The Morgan fingerprint density at radius 1 is 0.667 bits per heavy atom. The van der Waals surface area contributed by atoms with Crippen molar-refractivity contribution < 1.29 is 9.30 Å². The van der Waals surface area contributed by atoms with Crippen molar-refractivity contribution >= 4 is 39.9 Å². The van der Waals surface area contributed by atoms with E-state index in [1.165, 1.54) is 32.8 Å². The lowest BCUT2D eigenvalue weighted by molar-refractivity contribution is -0.644. The van der Waals surface area contributed by atoms with Gasteiger partial charge in [0.15, 0.2) is 11.8 Å². The first-order valence-corrected chi connectivity index (χ1v) is 13.3. The van der Waals surface area contributed by atoms with E-state index in [9.17, 15) is 0 Å². The number of para-hydroxylation sites is 1. The third kappa shape index (κ3) is 4.02. The van der Waals surface area contributed by atoms with Crippen LogP contribution in [-0.2, 0) is 12.6 Å². The first kappa shape index (κ1) is 23.2. The van der Waals surface area contributed by atoms with E-state index >= 15 is 0 Å². The molecule has 0 N–H and O–H groups in total. The summed E-state index contributed by atoms with van der Waals surface area (Å²) in [6, 6.07) is 42.5. The molecule has 39 heavy (non-hydrogen) atoms. The van der Waals surface area contributed by atoms with Crippen LogP contribution in [0.3, 0.4) is 0 Å². The molecule has 0 unspecified atom stereocenters. The normalized spacial score (nSPS) is 14.0. The van der Waals surface area contributed by atoms with E-state index in [4.69, 9.17) is 4.74 Å². The van der Waals surface area contributed by atoms with Gasteiger partial charge in [-0.1, -0.05) is 103 Å². The number of rotatable bonds is 4. The van der Waals surface area contributed by atoms with E-state index in [2.05, 4.69) is 151 Å². The lowest BCUT2D eigenvalue weighted by Gasteiger charge is -2.36. The highest BCUT2D eigenvalue weighted by Gasteiger charge is 2.37. The first-order chi connectivity index (χ1) is 19.2. The highest BCUT2D eigenvalue weighted by molar-refractivity contribution is 5.96. The van der Waals surface area contributed by atoms with Crippen molar-refractivity contribution in [2.45, 2.75) is 5.60 Å². The maximum atomic E-state index is 6.88. The van der Waals surface area contributed by atoms with Crippen LogP contribution in [0.5, 0.6) is 5.75 Å². The fraction of sp³-hybridized carbons (Fsp3) is 0.0541. The highest BCUT2D eigenvalue weighted by Crippen LogP contribution is 2.44. The van der Waals surface area contributed by atoms with Crippen molar-refractivity contribution in [3.63, 3.8) is 0 Å². The minimum absolute atomic E-state index is 0.666. The number of hydrogen-bond acceptors (Lipinski definition) is 1. The number of aromatic nitrogens is 1. The summed E-state index contributed by atoms with van der Waals surface area (Å²) in [5, 5.41) is 3.63. The largest absolute Gasteiger partial charge is 0.473 e. The van der Waals surface area contributed by atoms with Crippen LogP contribution in [0.15, 0.2) is 134 Å². The molecule has 0 saturated heterocycles. The number of ether oxygens (including phenoxy) is 1. The minimum atomic E-state index is -0.666. The molecule has 2 nitrogen and oxygen atoms in total. The lowest BCUT2D eigenvalue weighted by atomic mass is 9.83.